The lowest BCUT2D eigenvalue weighted by Crippen LogP contribution is -2.17. The molecule has 0 unspecified atom stereocenters. The Morgan fingerprint density at radius 3 is 2.43 bits per heavy atom. The molecule has 0 fully saturated rings. The summed E-state index contributed by atoms with van der Waals surface area (Å²) in [6, 6.07) is 8.09. The van der Waals surface area contributed by atoms with Gasteiger partial charge in [-0.25, -0.2) is 4.98 Å². The number of anilines is 1. The number of aromatic nitrogens is 1. The maximum Gasteiger partial charge on any atom is 0.573 e. The molecule has 0 aliphatic rings. The molecule has 4 nitrogen and oxygen atoms in total. The first-order chi connectivity index (χ1) is 9.83. The second-order valence-corrected chi connectivity index (χ2v) is 4.24. The van der Waals surface area contributed by atoms with Crippen LogP contribution in [0.4, 0.5) is 19.0 Å². The highest BCUT2D eigenvalue weighted by atomic mass is 19.4. The number of hydrogen-bond acceptors (Lipinski definition) is 3. The third-order valence-corrected chi connectivity index (χ3v) is 2.51. The molecular weight excluding hydrogens is 285 g/mol. The van der Waals surface area contributed by atoms with Crippen molar-refractivity contribution in [2.45, 2.75) is 13.3 Å². The Labute approximate surface area is 118 Å². The first kappa shape index (κ1) is 14.8. The van der Waals surface area contributed by atoms with Gasteiger partial charge in [0.1, 0.15) is 11.6 Å². The highest BCUT2D eigenvalue weighted by Crippen LogP contribution is 2.22. The van der Waals surface area contributed by atoms with Crippen molar-refractivity contribution in [1.29, 1.82) is 0 Å². The number of aryl methyl sites for hydroxylation is 1. The number of carbonyl (C=O) groups excluding carboxylic acids is 1. The van der Waals surface area contributed by atoms with Gasteiger partial charge in [-0.3, -0.25) is 4.79 Å². The number of nitrogens with zero attached hydrogens (tertiary/aromatic N) is 1. The van der Waals surface area contributed by atoms with Gasteiger partial charge in [0.2, 0.25) is 0 Å². The number of carbonyl (C=O) groups is 1. The Bertz CT molecular complexity index is 639. The predicted molar refractivity (Wildman–Crippen MR) is 70.1 cm³/mol. The summed E-state index contributed by atoms with van der Waals surface area (Å²) < 4.78 is 39.8. The van der Waals surface area contributed by atoms with E-state index in [1.165, 1.54) is 12.1 Å². The van der Waals surface area contributed by atoms with Gasteiger partial charge in [0, 0.05) is 11.8 Å². The van der Waals surface area contributed by atoms with Crippen LogP contribution in [0.1, 0.15) is 15.9 Å². The van der Waals surface area contributed by atoms with Crippen LogP contribution in [0.15, 0.2) is 42.6 Å². The standard InChI is InChI=1S/C14H11F3N2O2/c1-9-6-7-18-12(8-9)19-13(20)10-2-4-11(5-3-10)21-14(15,16)17/h2-8H,1H3,(H,18,19,20). The number of nitrogens with one attached hydrogen (secondary N) is 1. The van der Waals surface area contributed by atoms with Crippen molar-refractivity contribution in [3.63, 3.8) is 0 Å². The van der Waals surface area contributed by atoms with E-state index in [1.807, 2.05) is 6.92 Å². The zero-order valence-corrected chi connectivity index (χ0v) is 10.9. The van der Waals surface area contributed by atoms with Gasteiger partial charge >= 0.3 is 6.36 Å². The van der Waals surface area contributed by atoms with E-state index in [4.69, 9.17) is 0 Å². The summed E-state index contributed by atoms with van der Waals surface area (Å²) in [5.74, 6) is -0.477. The maximum absolute atomic E-state index is 12.0. The molecule has 110 valence electrons. The summed E-state index contributed by atoms with van der Waals surface area (Å²) in [6.07, 6.45) is -3.21. The number of benzene rings is 1. The Morgan fingerprint density at radius 2 is 1.86 bits per heavy atom. The molecule has 2 rings (SSSR count). The van der Waals surface area contributed by atoms with Crippen LogP contribution in [-0.2, 0) is 0 Å². The minimum absolute atomic E-state index is 0.202. The van der Waals surface area contributed by atoms with Gasteiger partial charge in [-0.15, -0.1) is 13.2 Å². The molecule has 0 bridgehead atoms. The first-order valence-corrected chi connectivity index (χ1v) is 5.93. The first-order valence-electron chi connectivity index (χ1n) is 5.93. The fraction of sp³-hybridized carbons (Fsp3) is 0.143. The summed E-state index contributed by atoms with van der Waals surface area (Å²) in [6.45, 7) is 1.85. The van der Waals surface area contributed by atoms with E-state index in [0.29, 0.717) is 5.82 Å². The second-order valence-electron chi connectivity index (χ2n) is 4.24. The van der Waals surface area contributed by atoms with E-state index in [9.17, 15) is 18.0 Å². The zero-order valence-electron chi connectivity index (χ0n) is 10.9. The lowest BCUT2D eigenvalue weighted by molar-refractivity contribution is -0.274. The van der Waals surface area contributed by atoms with Crippen molar-refractivity contribution in [1.82, 2.24) is 4.98 Å². The van der Waals surface area contributed by atoms with Crippen molar-refractivity contribution >= 4 is 11.7 Å². The van der Waals surface area contributed by atoms with E-state index in [2.05, 4.69) is 15.0 Å². The molecule has 0 atom stereocenters. The molecule has 0 radical (unpaired) electrons. The molecule has 1 aromatic heterocycles. The molecule has 21 heavy (non-hydrogen) atoms. The lowest BCUT2D eigenvalue weighted by atomic mass is 10.2. The van der Waals surface area contributed by atoms with E-state index in [-0.39, 0.29) is 11.3 Å². The van der Waals surface area contributed by atoms with Gasteiger partial charge in [-0.1, -0.05) is 0 Å². The van der Waals surface area contributed by atoms with Gasteiger partial charge in [-0.2, -0.15) is 0 Å². The highest BCUT2D eigenvalue weighted by molar-refractivity contribution is 6.03. The number of pyridine rings is 1. The fourth-order valence-electron chi connectivity index (χ4n) is 1.60. The molecular formula is C14H11F3N2O2. The van der Waals surface area contributed by atoms with Crippen LogP contribution >= 0.6 is 0 Å². The monoisotopic (exact) mass is 296 g/mol. The Balaban J connectivity index is 2.06. The molecule has 7 heteroatoms. The molecule has 0 saturated heterocycles. The minimum atomic E-state index is -4.75. The van der Waals surface area contributed by atoms with Gasteiger partial charge in [0.25, 0.3) is 5.91 Å². The molecule has 0 aliphatic carbocycles. The summed E-state index contributed by atoms with van der Waals surface area (Å²) >= 11 is 0. The van der Waals surface area contributed by atoms with Crippen LogP contribution < -0.4 is 10.1 Å². The van der Waals surface area contributed by atoms with Gasteiger partial charge < -0.3 is 10.1 Å². The quantitative estimate of drug-likeness (QED) is 0.942. The minimum Gasteiger partial charge on any atom is -0.406 e. The van der Waals surface area contributed by atoms with Crippen LogP contribution in [0.5, 0.6) is 5.75 Å². The van der Waals surface area contributed by atoms with Gasteiger partial charge in [0.15, 0.2) is 0 Å². The van der Waals surface area contributed by atoms with Crippen LogP contribution in [-0.4, -0.2) is 17.3 Å². The third-order valence-electron chi connectivity index (χ3n) is 2.51. The van der Waals surface area contributed by atoms with E-state index in [0.717, 1.165) is 17.7 Å². The largest absolute Gasteiger partial charge is 0.573 e. The van der Waals surface area contributed by atoms with Crippen molar-refractivity contribution in [3.8, 4) is 5.75 Å². The molecule has 1 aromatic carbocycles. The fourth-order valence-corrected chi connectivity index (χ4v) is 1.60. The normalized spacial score (nSPS) is 11.0. The number of alkyl halides is 3. The third kappa shape index (κ3) is 4.48. The van der Waals surface area contributed by atoms with Crippen LogP contribution in [0.25, 0.3) is 0 Å². The molecule has 1 heterocycles. The average molecular weight is 296 g/mol. The maximum atomic E-state index is 12.0. The van der Waals surface area contributed by atoms with E-state index >= 15 is 0 Å². The molecule has 0 spiro atoms. The van der Waals surface area contributed by atoms with Crippen LogP contribution in [0, 0.1) is 6.92 Å². The SMILES string of the molecule is Cc1ccnc(NC(=O)c2ccc(OC(F)(F)F)cc2)c1. The lowest BCUT2D eigenvalue weighted by Gasteiger charge is -2.09. The smallest absolute Gasteiger partial charge is 0.406 e. The summed E-state index contributed by atoms with van der Waals surface area (Å²) in [5.41, 5.74) is 1.13. The summed E-state index contributed by atoms with van der Waals surface area (Å²) in [4.78, 5) is 15.9. The molecule has 0 aliphatic heterocycles. The molecule has 1 amide bonds. The predicted octanol–water partition coefficient (Wildman–Crippen LogP) is 3.54. The van der Waals surface area contributed by atoms with Crippen molar-refractivity contribution in [2.24, 2.45) is 0 Å². The van der Waals surface area contributed by atoms with Crippen molar-refractivity contribution in [3.05, 3.63) is 53.7 Å². The Hall–Kier alpha value is -2.57. The number of halogens is 3. The zero-order chi connectivity index (χ0) is 15.5. The molecule has 1 N–H and O–H groups in total. The van der Waals surface area contributed by atoms with Crippen molar-refractivity contribution in [2.75, 3.05) is 5.32 Å². The van der Waals surface area contributed by atoms with Gasteiger partial charge in [0.05, 0.1) is 0 Å². The Kier molecular flexibility index (Phi) is 4.11. The molecule has 2 aromatic rings. The molecule has 0 saturated carbocycles. The van der Waals surface area contributed by atoms with Crippen LogP contribution in [0.2, 0.25) is 0 Å². The van der Waals surface area contributed by atoms with Gasteiger partial charge in [-0.05, 0) is 48.9 Å². The highest BCUT2D eigenvalue weighted by Gasteiger charge is 2.31. The summed E-state index contributed by atoms with van der Waals surface area (Å²) in [5, 5.41) is 2.55. The summed E-state index contributed by atoms with van der Waals surface area (Å²) in [7, 11) is 0. The van der Waals surface area contributed by atoms with E-state index in [1.54, 1.807) is 18.3 Å². The van der Waals surface area contributed by atoms with E-state index < -0.39 is 12.3 Å². The number of amides is 1. The second kappa shape index (κ2) is 5.82. The number of rotatable bonds is 3. The Morgan fingerprint density at radius 1 is 1.19 bits per heavy atom. The van der Waals surface area contributed by atoms with Crippen LogP contribution in [0.3, 0.4) is 0 Å². The topological polar surface area (TPSA) is 51.2 Å². The van der Waals surface area contributed by atoms with Crippen molar-refractivity contribution < 1.29 is 22.7 Å². The number of ether oxygens (including phenoxy) is 1. The average Bonchev–Trinajstić information content (AvgIpc) is 2.37. The number of hydrogen-bond donors (Lipinski definition) is 1.